The Morgan fingerprint density at radius 3 is 2.50 bits per heavy atom. The van der Waals surface area contributed by atoms with Gasteiger partial charge in [0.15, 0.2) is 0 Å². The molecule has 0 amide bonds. The second kappa shape index (κ2) is 6.23. The van der Waals surface area contributed by atoms with Gasteiger partial charge in [0.05, 0.1) is 12.1 Å². The van der Waals surface area contributed by atoms with Gasteiger partial charge in [-0.05, 0) is 18.2 Å². The van der Waals surface area contributed by atoms with E-state index in [1.807, 2.05) is 0 Å². The molecule has 2 rings (SSSR count). The number of halogens is 4. The third-order valence-corrected chi connectivity index (χ3v) is 2.87. The molecule has 0 aliphatic carbocycles. The summed E-state index contributed by atoms with van der Waals surface area (Å²) in [4.78, 5) is 14.8. The first kappa shape index (κ1) is 16.1. The van der Waals surface area contributed by atoms with Gasteiger partial charge >= 0.3 is 12.3 Å². The van der Waals surface area contributed by atoms with Crippen LogP contribution >= 0.6 is 11.6 Å². The van der Waals surface area contributed by atoms with Crippen molar-refractivity contribution in [2.75, 3.05) is 0 Å². The van der Waals surface area contributed by atoms with Gasteiger partial charge in [0.25, 0.3) is 0 Å². The summed E-state index contributed by atoms with van der Waals surface area (Å²) in [6.07, 6.45) is -5.33. The fourth-order valence-corrected chi connectivity index (χ4v) is 2.07. The molecule has 4 nitrogen and oxygen atoms in total. The number of ether oxygens (including phenoxy) is 1. The second-order valence-corrected chi connectivity index (χ2v) is 4.63. The van der Waals surface area contributed by atoms with E-state index in [1.165, 1.54) is 30.3 Å². The highest BCUT2D eigenvalue weighted by molar-refractivity contribution is 6.29. The van der Waals surface area contributed by atoms with Gasteiger partial charge in [0.2, 0.25) is 0 Å². The summed E-state index contributed by atoms with van der Waals surface area (Å²) in [7, 11) is 0. The maximum Gasteiger partial charge on any atom is 0.573 e. The Hall–Kier alpha value is -2.28. The lowest BCUT2D eigenvalue weighted by atomic mass is 10.0. The predicted octanol–water partition coefficient (Wildman–Crippen LogP) is 3.93. The minimum atomic E-state index is -4.86. The summed E-state index contributed by atoms with van der Waals surface area (Å²) >= 11 is 5.72. The molecule has 0 radical (unpaired) electrons. The summed E-state index contributed by atoms with van der Waals surface area (Å²) in [6, 6.07) is 8.20. The lowest BCUT2D eigenvalue weighted by molar-refractivity contribution is -0.274. The van der Waals surface area contributed by atoms with Crippen molar-refractivity contribution >= 4 is 17.6 Å². The summed E-state index contributed by atoms with van der Waals surface area (Å²) in [5.41, 5.74) is 0.352. The smallest absolute Gasteiger partial charge is 0.481 e. The van der Waals surface area contributed by atoms with Gasteiger partial charge in [0.1, 0.15) is 10.9 Å². The SMILES string of the molecule is O=C(O)Cc1nc(Cl)ccc1-c1ccccc1OC(F)(F)F. The van der Waals surface area contributed by atoms with E-state index in [4.69, 9.17) is 16.7 Å². The van der Waals surface area contributed by atoms with E-state index in [0.717, 1.165) is 6.07 Å². The molecule has 1 aromatic heterocycles. The normalized spacial score (nSPS) is 11.3. The quantitative estimate of drug-likeness (QED) is 0.862. The minimum Gasteiger partial charge on any atom is -0.481 e. The Balaban J connectivity index is 2.54. The fraction of sp³-hybridized carbons (Fsp3) is 0.143. The molecule has 0 saturated heterocycles. The zero-order valence-electron chi connectivity index (χ0n) is 10.9. The van der Waals surface area contributed by atoms with E-state index < -0.39 is 24.5 Å². The van der Waals surface area contributed by atoms with Crippen molar-refractivity contribution in [1.82, 2.24) is 4.98 Å². The predicted molar refractivity (Wildman–Crippen MR) is 72.7 cm³/mol. The van der Waals surface area contributed by atoms with Crippen LogP contribution < -0.4 is 4.74 Å². The third-order valence-electron chi connectivity index (χ3n) is 2.66. The Bertz CT molecular complexity index is 704. The Morgan fingerprint density at radius 1 is 1.18 bits per heavy atom. The summed E-state index contributed by atoms with van der Waals surface area (Å²) in [5.74, 6) is -1.61. The molecule has 0 aliphatic rings. The molecule has 0 saturated carbocycles. The number of hydrogen-bond donors (Lipinski definition) is 1. The lowest BCUT2D eigenvalue weighted by Crippen LogP contribution is -2.17. The lowest BCUT2D eigenvalue weighted by Gasteiger charge is -2.15. The fourth-order valence-electron chi connectivity index (χ4n) is 1.90. The van der Waals surface area contributed by atoms with E-state index >= 15 is 0 Å². The number of aliphatic carboxylic acids is 1. The number of para-hydroxylation sites is 1. The Morgan fingerprint density at radius 2 is 1.86 bits per heavy atom. The van der Waals surface area contributed by atoms with Crippen LogP contribution in [0.4, 0.5) is 13.2 Å². The van der Waals surface area contributed by atoms with Crippen LogP contribution in [0.2, 0.25) is 5.15 Å². The minimum absolute atomic E-state index is 0.0502. The van der Waals surface area contributed by atoms with Gasteiger partial charge in [0, 0.05) is 11.1 Å². The van der Waals surface area contributed by atoms with Gasteiger partial charge in [-0.3, -0.25) is 4.79 Å². The molecule has 1 heterocycles. The van der Waals surface area contributed by atoms with Crippen LogP contribution in [-0.2, 0) is 11.2 Å². The van der Waals surface area contributed by atoms with Crippen molar-refractivity contribution in [2.45, 2.75) is 12.8 Å². The molecule has 1 aromatic carbocycles. The van der Waals surface area contributed by atoms with Crippen molar-refractivity contribution in [2.24, 2.45) is 0 Å². The number of carboxylic acid groups (broad SMARTS) is 1. The molecule has 0 fully saturated rings. The first-order valence-corrected chi connectivity index (χ1v) is 6.36. The van der Waals surface area contributed by atoms with Crippen LogP contribution in [0.5, 0.6) is 5.75 Å². The van der Waals surface area contributed by atoms with Crippen molar-refractivity contribution in [3.05, 3.63) is 47.2 Å². The van der Waals surface area contributed by atoms with Gasteiger partial charge in [-0.15, -0.1) is 13.2 Å². The third kappa shape index (κ3) is 4.11. The topological polar surface area (TPSA) is 59.4 Å². The van der Waals surface area contributed by atoms with Crippen LogP contribution in [0.3, 0.4) is 0 Å². The first-order valence-electron chi connectivity index (χ1n) is 5.98. The molecular weight excluding hydrogens is 323 g/mol. The van der Waals surface area contributed by atoms with Gasteiger partial charge in [-0.2, -0.15) is 0 Å². The highest BCUT2D eigenvalue weighted by Crippen LogP contribution is 2.35. The monoisotopic (exact) mass is 331 g/mol. The highest BCUT2D eigenvalue weighted by Gasteiger charge is 2.32. The van der Waals surface area contributed by atoms with Gasteiger partial charge in [-0.25, -0.2) is 4.98 Å². The molecule has 1 N–H and O–H groups in total. The number of alkyl halides is 3. The molecule has 116 valence electrons. The molecule has 0 bridgehead atoms. The van der Waals surface area contributed by atoms with Crippen LogP contribution in [-0.4, -0.2) is 22.4 Å². The number of carboxylic acids is 1. The van der Waals surface area contributed by atoms with Crippen LogP contribution in [0, 0.1) is 0 Å². The number of benzene rings is 1. The van der Waals surface area contributed by atoms with Crippen LogP contribution in [0.25, 0.3) is 11.1 Å². The maximum absolute atomic E-state index is 12.5. The maximum atomic E-state index is 12.5. The van der Waals surface area contributed by atoms with Crippen LogP contribution in [0.15, 0.2) is 36.4 Å². The zero-order valence-corrected chi connectivity index (χ0v) is 11.6. The zero-order chi connectivity index (χ0) is 16.3. The average molecular weight is 332 g/mol. The molecule has 0 aliphatic heterocycles. The van der Waals surface area contributed by atoms with E-state index in [-0.39, 0.29) is 22.0 Å². The number of pyridine rings is 1. The Labute approximate surface area is 128 Å². The number of nitrogens with zero attached hydrogens (tertiary/aromatic N) is 1. The molecule has 2 aromatic rings. The molecule has 0 spiro atoms. The average Bonchev–Trinajstić information content (AvgIpc) is 2.37. The number of carbonyl (C=O) groups is 1. The first-order chi connectivity index (χ1) is 10.3. The van der Waals surface area contributed by atoms with Crippen molar-refractivity contribution in [1.29, 1.82) is 0 Å². The summed E-state index contributed by atoms with van der Waals surface area (Å²) < 4.78 is 41.3. The molecular formula is C14H9ClF3NO3. The van der Waals surface area contributed by atoms with Crippen LogP contribution in [0.1, 0.15) is 5.69 Å². The highest BCUT2D eigenvalue weighted by atomic mass is 35.5. The Kier molecular flexibility index (Phi) is 4.56. The molecule has 8 heteroatoms. The number of aromatic nitrogens is 1. The van der Waals surface area contributed by atoms with E-state index in [1.54, 1.807) is 0 Å². The van der Waals surface area contributed by atoms with Crippen molar-refractivity contribution in [3.8, 4) is 16.9 Å². The largest absolute Gasteiger partial charge is 0.573 e. The van der Waals surface area contributed by atoms with Gasteiger partial charge in [-0.1, -0.05) is 29.8 Å². The summed E-state index contributed by atoms with van der Waals surface area (Å²) in [6.45, 7) is 0. The van der Waals surface area contributed by atoms with Crippen molar-refractivity contribution in [3.63, 3.8) is 0 Å². The van der Waals surface area contributed by atoms with Gasteiger partial charge < -0.3 is 9.84 Å². The van der Waals surface area contributed by atoms with E-state index in [0.29, 0.717) is 0 Å². The molecule has 0 unspecified atom stereocenters. The van der Waals surface area contributed by atoms with E-state index in [2.05, 4.69) is 9.72 Å². The second-order valence-electron chi connectivity index (χ2n) is 4.24. The summed E-state index contributed by atoms with van der Waals surface area (Å²) in [5, 5.41) is 8.94. The number of hydrogen-bond acceptors (Lipinski definition) is 3. The molecule has 0 atom stereocenters. The standard InChI is InChI=1S/C14H9ClF3NO3/c15-12-6-5-8(10(19-12)7-13(20)21)9-3-1-2-4-11(9)22-14(16,17)18/h1-6H,7H2,(H,20,21). The van der Waals surface area contributed by atoms with Crippen molar-refractivity contribution < 1.29 is 27.8 Å². The molecule has 22 heavy (non-hydrogen) atoms. The number of rotatable bonds is 4. The van der Waals surface area contributed by atoms with E-state index in [9.17, 15) is 18.0 Å².